The number of thioether (sulfide) groups is 1. The number of hydrogen-bond donors (Lipinski definition) is 1. The van der Waals surface area contributed by atoms with Crippen molar-refractivity contribution in [1.29, 1.82) is 0 Å². The van der Waals surface area contributed by atoms with E-state index < -0.39 is 31.8 Å². The Morgan fingerprint density at radius 3 is 2.21 bits per heavy atom. The number of benzene rings is 2. The molecule has 0 spiro atoms. The van der Waals surface area contributed by atoms with Gasteiger partial charge in [0.05, 0.1) is 22.9 Å². The van der Waals surface area contributed by atoms with Crippen LogP contribution in [0.3, 0.4) is 0 Å². The molecule has 1 N–H and O–H groups in total. The van der Waals surface area contributed by atoms with Crippen molar-refractivity contribution in [3.63, 3.8) is 0 Å². The summed E-state index contributed by atoms with van der Waals surface area (Å²) in [5, 5.41) is 2.76. The summed E-state index contributed by atoms with van der Waals surface area (Å²) in [6.45, 7) is 1.38. The van der Waals surface area contributed by atoms with Crippen LogP contribution in [0.25, 0.3) is 0 Å². The van der Waals surface area contributed by atoms with Crippen molar-refractivity contribution >= 4 is 43.2 Å². The van der Waals surface area contributed by atoms with Gasteiger partial charge < -0.3 is 5.32 Å². The largest absolute Gasteiger partial charge is 0.348 e. The number of rotatable bonds is 8. The molecule has 2 aromatic rings. The van der Waals surface area contributed by atoms with Gasteiger partial charge in [-0.15, -0.1) is 11.8 Å². The molecule has 0 aliphatic heterocycles. The molecule has 0 aliphatic rings. The lowest BCUT2D eigenvalue weighted by atomic mass is 10.1. The highest BCUT2D eigenvalue weighted by Crippen LogP contribution is 2.24. The van der Waals surface area contributed by atoms with Crippen molar-refractivity contribution < 1.29 is 21.6 Å². The zero-order chi connectivity index (χ0) is 21.8. The lowest BCUT2D eigenvalue weighted by Crippen LogP contribution is -2.41. The van der Waals surface area contributed by atoms with E-state index in [0.717, 1.165) is 21.7 Å². The Morgan fingerprint density at radius 1 is 1.07 bits per heavy atom. The molecule has 0 aliphatic carbocycles. The average Bonchev–Trinajstić information content (AvgIpc) is 2.64. The van der Waals surface area contributed by atoms with Crippen molar-refractivity contribution in [1.82, 2.24) is 5.32 Å². The maximum atomic E-state index is 12.5. The molecule has 0 aromatic heterocycles. The predicted octanol–water partition coefficient (Wildman–Crippen LogP) is 2.46. The predicted molar refractivity (Wildman–Crippen MR) is 117 cm³/mol. The van der Waals surface area contributed by atoms with Crippen molar-refractivity contribution in [3.05, 3.63) is 54.1 Å². The van der Waals surface area contributed by atoms with Crippen LogP contribution in [-0.2, 0) is 24.7 Å². The van der Waals surface area contributed by atoms with E-state index in [1.54, 1.807) is 37.3 Å². The highest BCUT2D eigenvalue weighted by Gasteiger charge is 2.22. The van der Waals surface area contributed by atoms with Gasteiger partial charge in [-0.05, 0) is 49.1 Å². The molecular formula is C19H24N2O5S3. The number of carbonyl (C=O) groups is 1. The number of sulfone groups is 1. The van der Waals surface area contributed by atoms with E-state index in [2.05, 4.69) is 5.32 Å². The first kappa shape index (κ1) is 23.2. The summed E-state index contributed by atoms with van der Waals surface area (Å²) in [5.74, 6) is -0.468. The number of carbonyl (C=O) groups excluding carboxylic acids is 1. The molecule has 0 saturated carbocycles. The van der Waals surface area contributed by atoms with Crippen LogP contribution >= 0.6 is 11.8 Å². The molecule has 0 bridgehead atoms. The molecule has 0 saturated heterocycles. The third-order valence-electron chi connectivity index (χ3n) is 4.21. The van der Waals surface area contributed by atoms with Gasteiger partial charge in [-0.1, -0.05) is 18.2 Å². The highest BCUT2D eigenvalue weighted by atomic mass is 32.2. The molecule has 1 amide bonds. The number of amides is 1. The Morgan fingerprint density at radius 2 is 1.69 bits per heavy atom. The van der Waals surface area contributed by atoms with Gasteiger partial charge in [0, 0.05) is 11.2 Å². The third-order valence-corrected chi connectivity index (χ3v) is 7.21. The van der Waals surface area contributed by atoms with E-state index in [0.29, 0.717) is 11.3 Å². The van der Waals surface area contributed by atoms with E-state index in [4.69, 9.17) is 0 Å². The van der Waals surface area contributed by atoms with Crippen molar-refractivity contribution in [3.8, 4) is 0 Å². The van der Waals surface area contributed by atoms with Gasteiger partial charge in [0.2, 0.25) is 15.9 Å². The Kier molecular flexibility index (Phi) is 7.36. The summed E-state index contributed by atoms with van der Waals surface area (Å²) in [6.07, 6.45) is 4.06. The zero-order valence-electron chi connectivity index (χ0n) is 16.6. The molecule has 0 radical (unpaired) electrons. The van der Waals surface area contributed by atoms with Gasteiger partial charge in [0.15, 0.2) is 9.84 Å². The fourth-order valence-electron chi connectivity index (χ4n) is 2.67. The molecular weight excluding hydrogens is 432 g/mol. The summed E-state index contributed by atoms with van der Waals surface area (Å²) in [7, 11) is -6.96. The summed E-state index contributed by atoms with van der Waals surface area (Å²) in [4.78, 5) is 13.6. The molecule has 1 atom stereocenters. The number of hydrogen-bond acceptors (Lipinski definition) is 6. The van der Waals surface area contributed by atoms with Crippen LogP contribution in [-0.4, -0.2) is 48.1 Å². The van der Waals surface area contributed by atoms with E-state index in [1.807, 2.05) is 12.3 Å². The van der Waals surface area contributed by atoms with Crippen molar-refractivity contribution in [2.75, 3.05) is 29.6 Å². The van der Waals surface area contributed by atoms with Crippen LogP contribution < -0.4 is 9.62 Å². The number of anilines is 1. The molecule has 0 fully saturated rings. The maximum Gasteiger partial charge on any atom is 0.241 e. The number of nitrogens with one attached hydrogen (secondary N) is 1. The smallest absolute Gasteiger partial charge is 0.241 e. The number of nitrogens with zero attached hydrogens (tertiary/aromatic N) is 1. The fraction of sp³-hybridized carbons (Fsp3) is 0.316. The van der Waals surface area contributed by atoms with E-state index >= 15 is 0 Å². The van der Waals surface area contributed by atoms with Crippen LogP contribution in [0.2, 0.25) is 0 Å². The minimum Gasteiger partial charge on any atom is -0.348 e. The van der Waals surface area contributed by atoms with Gasteiger partial charge in [-0.3, -0.25) is 9.10 Å². The quantitative estimate of drug-likeness (QED) is 0.613. The zero-order valence-corrected chi connectivity index (χ0v) is 19.1. The summed E-state index contributed by atoms with van der Waals surface area (Å²) < 4.78 is 48.6. The first-order chi connectivity index (χ1) is 13.4. The topological polar surface area (TPSA) is 101 Å². The van der Waals surface area contributed by atoms with E-state index in [-0.39, 0.29) is 11.4 Å². The lowest BCUT2D eigenvalue weighted by Gasteiger charge is -2.23. The van der Waals surface area contributed by atoms with Gasteiger partial charge in [-0.25, -0.2) is 16.8 Å². The summed E-state index contributed by atoms with van der Waals surface area (Å²) in [5.41, 5.74) is 1.13. The molecule has 10 heteroatoms. The minimum atomic E-state index is -3.66. The second-order valence-corrected chi connectivity index (χ2v) is 11.4. The molecule has 158 valence electrons. The molecule has 0 heterocycles. The second-order valence-electron chi connectivity index (χ2n) is 6.60. The Hall–Kier alpha value is -2.04. The minimum absolute atomic E-state index is 0.191. The van der Waals surface area contributed by atoms with Crippen molar-refractivity contribution in [2.24, 2.45) is 0 Å². The maximum absolute atomic E-state index is 12.5. The van der Waals surface area contributed by atoms with Gasteiger partial charge in [0.25, 0.3) is 0 Å². The van der Waals surface area contributed by atoms with Gasteiger partial charge in [-0.2, -0.15) is 0 Å². The van der Waals surface area contributed by atoms with Gasteiger partial charge in [0.1, 0.15) is 6.54 Å². The Labute approximate surface area is 176 Å². The Balaban J connectivity index is 2.15. The van der Waals surface area contributed by atoms with Crippen LogP contribution in [0.4, 0.5) is 5.69 Å². The third kappa shape index (κ3) is 6.48. The van der Waals surface area contributed by atoms with Crippen LogP contribution in [0.15, 0.2) is 58.3 Å². The van der Waals surface area contributed by atoms with Crippen LogP contribution in [0.1, 0.15) is 18.5 Å². The van der Waals surface area contributed by atoms with E-state index in [1.165, 1.54) is 23.9 Å². The first-order valence-corrected chi connectivity index (χ1v) is 13.6. The molecule has 29 heavy (non-hydrogen) atoms. The standard InChI is InChI=1S/C19H24N2O5S3/c1-14(15-8-10-18(11-9-15)28(3,23)24)20-19(22)13-21(29(4,25)26)16-6-5-7-17(12-16)27-2/h5-12,14H,13H2,1-4H3,(H,20,22)/t14-/m0/s1. The average molecular weight is 457 g/mol. The second kappa shape index (κ2) is 9.19. The number of sulfonamides is 1. The molecule has 2 aromatic carbocycles. The lowest BCUT2D eigenvalue weighted by molar-refractivity contribution is -0.120. The van der Waals surface area contributed by atoms with Crippen LogP contribution in [0.5, 0.6) is 0 Å². The van der Waals surface area contributed by atoms with E-state index in [9.17, 15) is 21.6 Å². The SMILES string of the molecule is CSc1cccc(N(CC(=O)N[C@@H](C)c2ccc(S(C)(=O)=O)cc2)S(C)(=O)=O)c1. The highest BCUT2D eigenvalue weighted by molar-refractivity contribution is 7.98. The van der Waals surface area contributed by atoms with Crippen molar-refractivity contribution in [2.45, 2.75) is 22.8 Å². The Bertz CT molecular complexity index is 1080. The van der Waals surface area contributed by atoms with Gasteiger partial charge >= 0.3 is 0 Å². The normalized spacial score (nSPS) is 13.0. The summed E-state index contributed by atoms with van der Waals surface area (Å²) >= 11 is 1.48. The molecule has 7 nitrogen and oxygen atoms in total. The monoisotopic (exact) mass is 456 g/mol. The fourth-order valence-corrected chi connectivity index (χ4v) is 4.60. The van der Waals surface area contributed by atoms with Crippen LogP contribution in [0, 0.1) is 0 Å². The first-order valence-electron chi connectivity index (χ1n) is 8.63. The molecule has 2 rings (SSSR count). The summed E-state index contributed by atoms with van der Waals surface area (Å²) in [6, 6.07) is 12.7. The molecule has 0 unspecified atom stereocenters.